The van der Waals surface area contributed by atoms with E-state index in [2.05, 4.69) is 49.7 Å². The molecule has 0 amide bonds. The van der Waals surface area contributed by atoms with Crippen LogP contribution in [0.5, 0.6) is 0 Å². The van der Waals surface area contributed by atoms with Crippen molar-refractivity contribution < 1.29 is 0 Å². The van der Waals surface area contributed by atoms with Crippen molar-refractivity contribution in [2.24, 2.45) is 0 Å². The van der Waals surface area contributed by atoms with Gasteiger partial charge in [0, 0.05) is 24.3 Å². The van der Waals surface area contributed by atoms with Crippen LogP contribution >= 0.6 is 24.0 Å². The average Bonchev–Trinajstić information content (AvgIpc) is 3.23. The van der Waals surface area contributed by atoms with E-state index in [0.29, 0.717) is 0 Å². The monoisotopic (exact) mass is 326 g/mol. The maximum absolute atomic E-state index is 4.66. The van der Waals surface area contributed by atoms with Crippen LogP contribution in [0, 0.1) is 4.64 Å². The molecule has 0 aliphatic rings. The van der Waals surface area contributed by atoms with Gasteiger partial charge in [0.05, 0.1) is 5.03 Å². The molecular formula is C13H22N6S2. The number of hydrogen-bond acceptors (Lipinski definition) is 4. The second-order valence-electron chi connectivity index (χ2n) is 3.53. The Morgan fingerprint density at radius 2 is 1.86 bits per heavy atom. The van der Waals surface area contributed by atoms with Crippen LogP contribution in [-0.2, 0) is 6.42 Å². The number of thioether (sulfide) groups is 1. The first-order chi connectivity index (χ1) is 9.76. The summed E-state index contributed by atoms with van der Waals surface area (Å²) >= 11 is 6.32. The van der Waals surface area contributed by atoms with Crippen LogP contribution in [0.15, 0.2) is 41.8 Å². The standard InChI is InChI=1S/C5H8N2.C4H6N2S.C3H4N2S.CH4/c1-2-5-3-4-6-7-5;1-7-4-2-3-5-6-4;6-3-1-2-4-5-3;/h3-4H,2H2,1H3,(H,6,7);2-3H,1H3,(H,5,6);1-2H,(H2,4,5,6);1H4. The van der Waals surface area contributed by atoms with Crippen LogP contribution in [-0.4, -0.2) is 36.8 Å². The molecule has 0 unspecified atom stereocenters. The summed E-state index contributed by atoms with van der Waals surface area (Å²) in [4.78, 5) is 0. The molecule has 3 rings (SSSR count). The number of nitrogens with zero attached hydrogens (tertiary/aromatic N) is 2. The zero-order valence-corrected chi connectivity index (χ0v) is 13.0. The largest absolute Gasteiger partial charge is 0.307 e. The number of hydrogen-bond donors (Lipinski definition) is 4. The van der Waals surface area contributed by atoms with Crippen molar-refractivity contribution in [2.75, 3.05) is 6.26 Å². The first-order valence-corrected chi connectivity index (χ1v) is 7.63. The lowest BCUT2D eigenvalue weighted by Crippen LogP contribution is -1.75. The molecule has 3 aromatic rings. The fourth-order valence-electron chi connectivity index (χ4n) is 1.11. The molecule has 116 valence electrons. The smallest absolute Gasteiger partial charge is 0.119 e. The lowest BCUT2D eigenvalue weighted by molar-refractivity contribution is 0.975. The Balaban J connectivity index is 0.000000280. The Bertz CT molecular complexity index is 531. The summed E-state index contributed by atoms with van der Waals surface area (Å²) in [7, 11) is 0. The van der Waals surface area contributed by atoms with E-state index < -0.39 is 0 Å². The Morgan fingerprint density at radius 3 is 2.10 bits per heavy atom. The minimum Gasteiger partial charge on any atom is -0.307 e. The highest BCUT2D eigenvalue weighted by Crippen LogP contribution is 2.06. The molecule has 21 heavy (non-hydrogen) atoms. The predicted octanol–water partition coefficient (Wildman–Crippen LogP) is 3.81. The number of aromatic amines is 4. The first kappa shape index (κ1) is 19.2. The van der Waals surface area contributed by atoms with Crippen LogP contribution in [0.3, 0.4) is 0 Å². The molecule has 4 N–H and O–H groups in total. The fraction of sp³-hybridized carbons (Fsp3) is 0.308. The van der Waals surface area contributed by atoms with Gasteiger partial charge < -0.3 is 5.10 Å². The van der Waals surface area contributed by atoms with Crippen LogP contribution in [0.2, 0.25) is 0 Å². The molecule has 0 atom stereocenters. The maximum Gasteiger partial charge on any atom is 0.119 e. The van der Waals surface area contributed by atoms with Crippen LogP contribution in [0.1, 0.15) is 20.0 Å². The molecule has 0 radical (unpaired) electrons. The molecule has 3 aromatic heterocycles. The molecule has 0 fully saturated rings. The summed E-state index contributed by atoms with van der Waals surface area (Å²) in [6.45, 7) is 2.09. The van der Waals surface area contributed by atoms with Gasteiger partial charge in [-0.3, -0.25) is 15.3 Å². The topological polar surface area (TPSA) is 88.9 Å². The van der Waals surface area contributed by atoms with Crippen LogP contribution < -0.4 is 0 Å². The van der Waals surface area contributed by atoms with Gasteiger partial charge in [0.1, 0.15) is 4.64 Å². The van der Waals surface area contributed by atoms with Gasteiger partial charge >= 0.3 is 0 Å². The molecule has 0 saturated heterocycles. The summed E-state index contributed by atoms with van der Waals surface area (Å²) in [5, 5.41) is 19.7. The SMILES string of the molecule is C.CCc1ccn[nH]1.CSc1ccn[nH]1.S=c1cc[nH][nH]1. The van der Waals surface area contributed by atoms with Crippen molar-refractivity contribution in [3.8, 4) is 0 Å². The van der Waals surface area contributed by atoms with Gasteiger partial charge in [0.15, 0.2) is 0 Å². The minimum absolute atomic E-state index is 0. The zero-order valence-electron chi connectivity index (χ0n) is 11.4. The summed E-state index contributed by atoms with van der Waals surface area (Å²) < 4.78 is 0.745. The minimum atomic E-state index is 0. The second-order valence-corrected chi connectivity index (χ2v) is 4.82. The first-order valence-electron chi connectivity index (χ1n) is 6.00. The van der Waals surface area contributed by atoms with Gasteiger partial charge in [-0.05, 0) is 30.9 Å². The van der Waals surface area contributed by atoms with Crippen molar-refractivity contribution in [3.05, 3.63) is 47.1 Å². The van der Waals surface area contributed by atoms with Gasteiger partial charge in [-0.2, -0.15) is 10.2 Å². The lowest BCUT2D eigenvalue weighted by atomic mass is 10.4. The molecule has 0 bridgehead atoms. The number of rotatable bonds is 2. The van der Waals surface area contributed by atoms with Gasteiger partial charge in [-0.15, -0.1) is 11.8 Å². The Kier molecular flexibility index (Phi) is 11.0. The van der Waals surface area contributed by atoms with E-state index in [1.165, 1.54) is 5.69 Å². The molecule has 6 nitrogen and oxygen atoms in total. The molecular weight excluding hydrogens is 304 g/mol. The quantitative estimate of drug-likeness (QED) is 0.426. The van der Waals surface area contributed by atoms with Crippen molar-refractivity contribution in [2.45, 2.75) is 25.8 Å². The number of aromatic nitrogens is 6. The Labute approximate surface area is 134 Å². The Hall–Kier alpha value is -1.80. The number of nitrogens with one attached hydrogen (secondary N) is 4. The molecule has 0 aliphatic carbocycles. The van der Waals surface area contributed by atoms with Crippen LogP contribution in [0.4, 0.5) is 0 Å². The highest BCUT2D eigenvalue weighted by Gasteiger charge is 1.83. The normalized spacial score (nSPS) is 8.67. The van der Waals surface area contributed by atoms with E-state index in [1.54, 1.807) is 36.4 Å². The van der Waals surface area contributed by atoms with E-state index in [-0.39, 0.29) is 7.43 Å². The average molecular weight is 326 g/mol. The van der Waals surface area contributed by atoms with Gasteiger partial charge in [0.25, 0.3) is 0 Å². The Morgan fingerprint density at radius 1 is 1.14 bits per heavy atom. The third-order valence-corrected chi connectivity index (χ3v) is 3.05. The van der Waals surface area contributed by atoms with Crippen molar-refractivity contribution in [1.29, 1.82) is 0 Å². The van der Waals surface area contributed by atoms with Gasteiger partial charge in [-0.25, -0.2) is 0 Å². The molecule has 0 spiro atoms. The van der Waals surface area contributed by atoms with E-state index in [0.717, 1.165) is 16.1 Å². The summed E-state index contributed by atoms with van der Waals surface area (Å²) in [6.07, 6.45) is 8.31. The van der Waals surface area contributed by atoms with Gasteiger partial charge in [-0.1, -0.05) is 26.6 Å². The molecule has 3 heterocycles. The molecule has 0 saturated carbocycles. The van der Waals surface area contributed by atoms with E-state index in [1.807, 2.05) is 18.4 Å². The van der Waals surface area contributed by atoms with Crippen molar-refractivity contribution >= 4 is 24.0 Å². The predicted molar refractivity (Wildman–Crippen MR) is 91.0 cm³/mol. The summed E-state index contributed by atoms with van der Waals surface area (Å²) in [5.74, 6) is 0. The summed E-state index contributed by atoms with van der Waals surface area (Å²) in [6, 6.07) is 5.69. The van der Waals surface area contributed by atoms with Crippen molar-refractivity contribution in [3.63, 3.8) is 0 Å². The zero-order chi connectivity index (χ0) is 14.6. The molecule has 0 aliphatic heterocycles. The third-order valence-electron chi connectivity index (χ3n) is 2.15. The fourth-order valence-corrected chi connectivity index (χ4v) is 1.58. The maximum atomic E-state index is 4.66. The van der Waals surface area contributed by atoms with E-state index >= 15 is 0 Å². The lowest BCUT2D eigenvalue weighted by Gasteiger charge is -1.79. The highest BCUT2D eigenvalue weighted by molar-refractivity contribution is 7.98. The second kappa shape index (κ2) is 12.0. The van der Waals surface area contributed by atoms with Crippen LogP contribution in [0.25, 0.3) is 0 Å². The highest BCUT2D eigenvalue weighted by atomic mass is 32.2. The van der Waals surface area contributed by atoms with E-state index in [9.17, 15) is 0 Å². The van der Waals surface area contributed by atoms with Gasteiger partial charge in [0.2, 0.25) is 0 Å². The third kappa shape index (κ3) is 8.87. The molecule has 0 aromatic carbocycles. The van der Waals surface area contributed by atoms with Crippen molar-refractivity contribution in [1.82, 2.24) is 30.6 Å². The summed E-state index contributed by atoms with van der Waals surface area (Å²) in [5.41, 5.74) is 1.19. The number of H-pyrrole nitrogens is 4. The number of aryl methyl sites for hydroxylation is 1. The molecule has 8 heteroatoms. The van der Waals surface area contributed by atoms with E-state index in [4.69, 9.17) is 0 Å².